The van der Waals surface area contributed by atoms with E-state index in [2.05, 4.69) is 11.4 Å². The number of carbonyl (C=O) groups is 3. The number of carboxylic acid groups (broad SMARTS) is 1. The van der Waals surface area contributed by atoms with Crippen molar-refractivity contribution in [2.75, 3.05) is 11.9 Å². The molecule has 164 valence electrons. The van der Waals surface area contributed by atoms with Gasteiger partial charge < -0.3 is 15.3 Å². The number of hydrogen-bond donors (Lipinski definition) is 2. The predicted molar refractivity (Wildman–Crippen MR) is 122 cm³/mol. The monoisotopic (exact) mass is 439 g/mol. The van der Waals surface area contributed by atoms with Gasteiger partial charge in [0.2, 0.25) is 5.91 Å². The van der Waals surface area contributed by atoms with Crippen LogP contribution in [-0.2, 0) is 17.6 Å². The molecular formula is C26H21N3O4. The number of rotatable bonds is 6. The van der Waals surface area contributed by atoms with Crippen LogP contribution in [0.2, 0.25) is 0 Å². The minimum absolute atomic E-state index is 0.119. The second kappa shape index (κ2) is 9.37. The van der Waals surface area contributed by atoms with E-state index in [9.17, 15) is 14.4 Å². The fourth-order valence-electron chi connectivity index (χ4n) is 3.98. The molecule has 0 radical (unpaired) electrons. The number of carboxylic acids is 1. The van der Waals surface area contributed by atoms with Gasteiger partial charge in [-0.05, 0) is 60.0 Å². The van der Waals surface area contributed by atoms with Gasteiger partial charge in [0.15, 0.2) is 0 Å². The van der Waals surface area contributed by atoms with E-state index >= 15 is 0 Å². The van der Waals surface area contributed by atoms with Crippen molar-refractivity contribution < 1.29 is 19.5 Å². The Bertz CT molecular complexity index is 1250. The quantitative estimate of drug-likeness (QED) is 0.611. The van der Waals surface area contributed by atoms with Gasteiger partial charge in [-0.25, -0.2) is 4.79 Å². The van der Waals surface area contributed by atoms with Crippen molar-refractivity contribution in [3.05, 3.63) is 101 Å². The molecule has 0 bridgehead atoms. The van der Waals surface area contributed by atoms with Gasteiger partial charge in [-0.2, -0.15) is 5.26 Å². The molecule has 0 aliphatic carbocycles. The van der Waals surface area contributed by atoms with Crippen molar-refractivity contribution >= 4 is 23.5 Å². The van der Waals surface area contributed by atoms with Gasteiger partial charge >= 0.3 is 5.97 Å². The third-order valence-corrected chi connectivity index (χ3v) is 5.70. The summed E-state index contributed by atoms with van der Waals surface area (Å²) in [4.78, 5) is 39.3. The third kappa shape index (κ3) is 4.75. The minimum atomic E-state index is -1.05. The average molecular weight is 439 g/mol. The van der Waals surface area contributed by atoms with E-state index in [-0.39, 0.29) is 17.4 Å². The maximum absolute atomic E-state index is 13.3. The summed E-state index contributed by atoms with van der Waals surface area (Å²) < 4.78 is 0. The van der Waals surface area contributed by atoms with E-state index in [1.807, 2.05) is 30.3 Å². The first-order valence-electron chi connectivity index (χ1n) is 10.5. The molecule has 0 aromatic heterocycles. The summed E-state index contributed by atoms with van der Waals surface area (Å²) in [5.74, 6) is -1.66. The first-order chi connectivity index (χ1) is 16.0. The molecule has 1 atom stereocenters. The van der Waals surface area contributed by atoms with Crippen LogP contribution in [0.3, 0.4) is 0 Å². The van der Waals surface area contributed by atoms with Crippen LogP contribution in [-0.4, -0.2) is 40.4 Å². The standard InChI is InChI=1S/C26H21N3O4/c27-16-18-6-11-22-20(14-18)12-13-29(25(22)31)23(15-17-4-2-1-3-5-17)24(30)28-21-9-7-19(8-10-21)26(32)33/h1-11,14,23H,12-13,15H2,(H,28,30)(H,32,33). The molecule has 0 saturated heterocycles. The lowest BCUT2D eigenvalue weighted by Gasteiger charge is -2.35. The largest absolute Gasteiger partial charge is 0.478 e. The Morgan fingerprint density at radius 2 is 1.79 bits per heavy atom. The van der Waals surface area contributed by atoms with Crippen LogP contribution in [0.15, 0.2) is 72.8 Å². The minimum Gasteiger partial charge on any atom is -0.478 e. The molecule has 7 heteroatoms. The molecule has 2 amide bonds. The molecule has 1 unspecified atom stereocenters. The molecule has 1 aliphatic heterocycles. The van der Waals surface area contributed by atoms with E-state index in [1.54, 1.807) is 23.1 Å². The Balaban J connectivity index is 1.61. The molecule has 4 rings (SSSR count). The van der Waals surface area contributed by atoms with Crippen molar-refractivity contribution in [3.8, 4) is 6.07 Å². The summed E-state index contributed by atoms with van der Waals surface area (Å²) in [7, 11) is 0. The van der Waals surface area contributed by atoms with E-state index in [4.69, 9.17) is 10.4 Å². The van der Waals surface area contributed by atoms with Crippen LogP contribution in [0.25, 0.3) is 0 Å². The summed E-state index contributed by atoms with van der Waals surface area (Å²) >= 11 is 0. The van der Waals surface area contributed by atoms with E-state index in [1.165, 1.54) is 24.3 Å². The molecule has 3 aromatic carbocycles. The Kier molecular flexibility index (Phi) is 6.18. The molecule has 0 fully saturated rings. The Labute approximate surface area is 190 Å². The molecule has 33 heavy (non-hydrogen) atoms. The van der Waals surface area contributed by atoms with Gasteiger partial charge in [0.1, 0.15) is 6.04 Å². The SMILES string of the molecule is N#Cc1ccc2c(c1)CCN(C(Cc1ccccc1)C(=O)Nc1ccc(C(=O)O)cc1)C2=O. The van der Waals surface area contributed by atoms with Crippen molar-refractivity contribution in [1.29, 1.82) is 5.26 Å². The van der Waals surface area contributed by atoms with Gasteiger partial charge in [0, 0.05) is 24.2 Å². The highest BCUT2D eigenvalue weighted by Crippen LogP contribution is 2.24. The molecule has 3 aromatic rings. The van der Waals surface area contributed by atoms with Gasteiger partial charge in [0.25, 0.3) is 5.91 Å². The number of benzene rings is 3. The topological polar surface area (TPSA) is 110 Å². The molecule has 0 saturated carbocycles. The first kappa shape index (κ1) is 21.8. The predicted octanol–water partition coefficient (Wildman–Crippen LogP) is 3.50. The highest BCUT2D eigenvalue weighted by atomic mass is 16.4. The molecule has 1 heterocycles. The highest BCUT2D eigenvalue weighted by Gasteiger charge is 2.34. The Morgan fingerprint density at radius 3 is 2.45 bits per heavy atom. The summed E-state index contributed by atoms with van der Waals surface area (Å²) in [6.45, 7) is 0.351. The van der Waals surface area contributed by atoms with Gasteiger partial charge in [-0.1, -0.05) is 30.3 Å². The third-order valence-electron chi connectivity index (χ3n) is 5.70. The van der Waals surface area contributed by atoms with Gasteiger partial charge in [-0.3, -0.25) is 9.59 Å². The fourth-order valence-corrected chi connectivity index (χ4v) is 3.98. The molecule has 1 aliphatic rings. The smallest absolute Gasteiger partial charge is 0.335 e. The zero-order chi connectivity index (χ0) is 23.4. The number of hydrogen-bond acceptors (Lipinski definition) is 4. The lowest BCUT2D eigenvalue weighted by atomic mass is 9.94. The maximum atomic E-state index is 13.3. The van der Waals surface area contributed by atoms with Crippen LogP contribution in [0.5, 0.6) is 0 Å². The van der Waals surface area contributed by atoms with Crippen molar-refractivity contribution in [1.82, 2.24) is 4.90 Å². The first-order valence-corrected chi connectivity index (χ1v) is 10.5. The molecule has 7 nitrogen and oxygen atoms in total. The number of aromatic carboxylic acids is 1. The summed E-state index contributed by atoms with van der Waals surface area (Å²) in [6, 6.07) is 21.6. The van der Waals surface area contributed by atoms with Crippen molar-refractivity contribution in [2.24, 2.45) is 0 Å². The second-order valence-corrected chi connectivity index (χ2v) is 7.81. The summed E-state index contributed by atoms with van der Waals surface area (Å²) in [6.07, 6.45) is 0.875. The Morgan fingerprint density at radius 1 is 1.06 bits per heavy atom. The van der Waals surface area contributed by atoms with Gasteiger partial charge in [-0.15, -0.1) is 0 Å². The summed E-state index contributed by atoms with van der Waals surface area (Å²) in [5, 5.41) is 21.0. The van der Waals surface area contributed by atoms with Crippen LogP contribution < -0.4 is 5.32 Å². The fraction of sp³-hybridized carbons (Fsp3) is 0.154. The Hall–Kier alpha value is -4.44. The number of fused-ring (bicyclic) bond motifs is 1. The van der Waals surface area contributed by atoms with Crippen LogP contribution in [0, 0.1) is 11.3 Å². The number of nitrogens with one attached hydrogen (secondary N) is 1. The molecule has 0 spiro atoms. The normalized spacial score (nSPS) is 13.5. The lowest BCUT2D eigenvalue weighted by Crippen LogP contribution is -2.51. The molecule has 2 N–H and O–H groups in total. The number of amides is 2. The number of nitrogens with zero attached hydrogens (tertiary/aromatic N) is 2. The maximum Gasteiger partial charge on any atom is 0.335 e. The number of carbonyl (C=O) groups excluding carboxylic acids is 2. The van der Waals surface area contributed by atoms with Crippen LogP contribution in [0.1, 0.15) is 37.4 Å². The van der Waals surface area contributed by atoms with Gasteiger partial charge in [0.05, 0.1) is 17.2 Å². The lowest BCUT2D eigenvalue weighted by molar-refractivity contribution is -0.120. The number of anilines is 1. The zero-order valence-corrected chi connectivity index (χ0v) is 17.7. The van der Waals surface area contributed by atoms with Crippen molar-refractivity contribution in [3.63, 3.8) is 0 Å². The number of nitriles is 1. The van der Waals surface area contributed by atoms with Crippen LogP contribution >= 0.6 is 0 Å². The molecular weight excluding hydrogens is 418 g/mol. The van der Waals surface area contributed by atoms with Crippen molar-refractivity contribution in [2.45, 2.75) is 18.9 Å². The second-order valence-electron chi connectivity index (χ2n) is 7.81. The highest BCUT2D eigenvalue weighted by molar-refractivity contribution is 6.03. The van der Waals surface area contributed by atoms with E-state index in [0.717, 1.165) is 11.1 Å². The van der Waals surface area contributed by atoms with Crippen LogP contribution in [0.4, 0.5) is 5.69 Å². The van der Waals surface area contributed by atoms with E-state index < -0.39 is 12.0 Å². The summed E-state index contributed by atoms with van der Waals surface area (Å²) in [5.41, 5.74) is 3.28. The van der Waals surface area contributed by atoms with E-state index in [0.29, 0.717) is 36.2 Å². The zero-order valence-electron chi connectivity index (χ0n) is 17.7. The average Bonchev–Trinajstić information content (AvgIpc) is 2.84.